The van der Waals surface area contributed by atoms with Crippen LogP contribution in [0.3, 0.4) is 0 Å². The molecule has 26 heavy (non-hydrogen) atoms. The zero-order chi connectivity index (χ0) is 19.4. The summed E-state index contributed by atoms with van der Waals surface area (Å²) >= 11 is 6.14. The Hall–Kier alpha value is -1.31. The Morgan fingerprint density at radius 3 is 2.50 bits per heavy atom. The monoisotopic (exact) mass is 402 g/mol. The van der Waals surface area contributed by atoms with Crippen LogP contribution < -0.4 is 14.8 Å². The first kappa shape index (κ1) is 21.0. The van der Waals surface area contributed by atoms with E-state index in [1.54, 1.807) is 0 Å². The zero-order valence-electron chi connectivity index (χ0n) is 15.5. The van der Waals surface area contributed by atoms with Gasteiger partial charge < -0.3 is 10.1 Å². The predicted octanol–water partition coefficient (Wildman–Crippen LogP) is 3.10. The van der Waals surface area contributed by atoms with Gasteiger partial charge in [-0.05, 0) is 36.5 Å². The Balaban J connectivity index is 1.95. The van der Waals surface area contributed by atoms with Crippen molar-refractivity contribution in [3.05, 3.63) is 23.2 Å². The second-order valence-electron chi connectivity index (χ2n) is 7.82. The highest BCUT2D eigenvalue weighted by molar-refractivity contribution is 7.89. The van der Waals surface area contributed by atoms with Crippen LogP contribution in [0.1, 0.15) is 46.5 Å². The van der Waals surface area contributed by atoms with Gasteiger partial charge in [-0.2, -0.15) is 0 Å². The van der Waals surface area contributed by atoms with Gasteiger partial charge in [-0.1, -0.05) is 45.2 Å². The number of rotatable bonds is 7. The quantitative estimate of drug-likeness (QED) is 0.733. The summed E-state index contributed by atoms with van der Waals surface area (Å²) in [5.41, 5.74) is -0.0182. The van der Waals surface area contributed by atoms with Gasteiger partial charge in [0.1, 0.15) is 5.75 Å². The molecule has 0 heterocycles. The summed E-state index contributed by atoms with van der Waals surface area (Å²) in [4.78, 5) is 11.9. The van der Waals surface area contributed by atoms with Gasteiger partial charge in [0.25, 0.3) is 5.91 Å². The molecule has 2 N–H and O–H groups in total. The number of sulfonamides is 1. The number of hydrogen-bond donors (Lipinski definition) is 2. The SMILES string of the molecule is CC(C)(C)CNC(=O)COc1ccc(S(=O)(=O)NC2CCCC2)cc1Cl. The minimum Gasteiger partial charge on any atom is -0.482 e. The minimum absolute atomic E-state index is 0.0128. The molecule has 0 spiro atoms. The van der Waals surface area contributed by atoms with Crippen molar-refractivity contribution in [1.29, 1.82) is 0 Å². The highest BCUT2D eigenvalue weighted by Gasteiger charge is 2.23. The summed E-state index contributed by atoms with van der Waals surface area (Å²) in [6.45, 7) is 6.41. The molecule has 1 aromatic rings. The lowest BCUT2D eigenvalue weighted by atomic mass is 9.97. The van der Waals surface area contributed by atoms with Crippen LogP contribution in [0.25, 0.3) is 0 Å². The van der Waals surface area contributed by atoms with Gasteiger partial charge in [0.15, 0.2) is 6.61 Å². The second-order valence-corrected chi connectivity index (χ2v) is 9.94. The lowest BCUT2D eigenvalue weighted by Crippen LogP contribution is -2.35. The normalized spacial score (nSPS) is 15.8. The molecule has 1 aromatic carbocycles. The highest BCUT2D eigenvalue weighted by Crippen LogP contribution is 2.28. The predicted molar refractivity (Wildman–Crippen MR) is 102 cm³/mol. The van der Waals surface area contributed by atoms with Crippen LogP contribution in [0.15, 0.2) is 23.1 Å². The van der Waals surface area contributed by atoms with Crippen molar-refractivity contribution in [1.82, 2.24) is 10.0 Å². The number of amides is 1. The Morgan fingerprint density at radius 1 is 1.27 bits per heavy atom. The van der Waals surface area contributed by atoms with E-state index in [-0.39, 0.29) is 39.6 Å². The molecular formula is C18H27ClN2O4S. The zero-order valence-corrected chi connectivity index (χ0v) is 17.0. The first-order valence-corrected chi connectivity index (χ1v) is 10.6. The molecule has 1 aliphatic rings. The third-order valence-corrected chi connectivity index (χ3v) is 5.88. The fourth-order valence-corrected chi connectivity index (χ4v) is 4.29. The van der Waals surface area contributed by atoms with Gasteiger partial charge >= 0.3 is 0 Å². The molecular weight excluding hydrogens is 376 g/mol. The Morgan fingerprint density at radius 2 is 1.92 bits per heavy atom. The number of carbonyl (C=O) groups is 1. The van der Waals surface area contributed by atoms with Gasteiger partial charge in [0.2, 0.25) is 10.0 Å². The Kier molecular flexibility index (Phi) is 6.93. The molecule has 1 amide bonds. The molecule has 0 unspecified atom stereocenters. The molecule has 0 radical (unpaired) electrons. The van der Waals surface area contributed by atoms with E-state index in [1.165, 1.54) is 18.2 Å². The van der Waals surface area contributed by atoms with Crippen LogP contribution in [0.4, 0.5) is 0 Å². The van der Waals surface area contributed by atoms with Gasteiger partial charge in [-0.25, -0.2) is 13.1 Å². The van der Waals surface area contributed by atoms with Crippen LogP contribution in [-0.4, -0.2) is 33.5 Å². The number of carbonyl (C=O) groups excluding carboxylic acids is 1. The molecule has 0 atom stereocenters. The van der Waals surface area contributed by atoms with E-state index in [4.69, 9.17) is 16.3 Å². The van der Waals surface area contributed by atoms with E-state index in [1.807, 2.05) is 20.8 Å². The molecule has 1 fully saturated rings. The number of halogens is 1. The van der Waals surface area contributed by atoms with Crippen molar-refractivity contribution in [2.75, 3.05) is 13.2 Å². The average Bonchev–Trinajstić information content (AvgIpc) is 3.03. The van der Waals surface area contributed by atoms with Crippen molar-refractivity contribution in [3.63, 3.8) is 0 Å². The maximum absolute atomic E-state index is 12.4. The Bertz CT molecular complexity index is 738. The number of ether oxygens (including phenoxy) is 1. The largest absolute Gasteiger partial charge is 0.482 e. The fourth-order valence-electron chi connectivity index (χ4n) is 2.65. The summed E-state index contributed by atoms with van der Waals surface area (Å²) in [5.74, 6) is 0.0213. The highest BCUT2D eigenvalue weighted by atomic mass is 35.5. The van der Waals surface area contributed by atoms with Crippen molar-refractivity contribution in [2.24, 2.45) is 5.41 Å². The van der Waals surface area contributed by atoms with Crippen LogP contribution in [0, 0.1) is 5.41 Å². The fraction of sp³-hybridized carbons (Fsp3) is 0.611. The maximum atomic E-state index is 12.4. The van der Waals surface area contributed by atoms with E-state index >= 15 is 0 Å². The maximum Gasteiger partial charge on any atom is 0.257 e. The van der Waals surface area contributed by atoms with E-state index in [9.17, 15) is 13.2 Å². The topological polar surface area (TPSA) is 84.5 Å². The lowest BCUT2D eigenvalue weighted by molar-refractivity contribution is -0.123. The molecule has 0 bridgehead atoms. The van der Waals surface area contributed by atoms with Crippen LogP contribution >= 0.6 is 11.6 Å². The number of nitrogens with one attached hydrogen (secondary N) is 2. The Labute approximate surface area is 160 Å². The van der Waals surface area contributed by atoms with Crippen LogP contribution in [-0.2, 0) is 14.8 Å². The summed E-state index contributed by atoms with van der Waals surface area (Å²) in [7, 11) is -3.61. The van der Waals surface area contributed by atoms with Gasteiger partial charge in [0, 0.05) is 12.6 Å². The molecule has 6 nitrogen and oxygen atoms in total. The van der Waals surface area contributed by atoms with Gasteiger partial charge in [-0.15, -0.1) is 0 Å². The standard InChI is InChI=1S/C18H27ClN2O4S/c1-18(2,3)12-20-17(22)11-25-16-9-8-14(10-15(16)19)26(23,24)21-13-6-4-5-7-13/h8-10,13,21H,4-7,11-12H2,1-3H3,(H,20,22). The number of hydrogen-bond acceptors (Lipinski definition) is 4. The van der Waals surface area contributed by atoms with E-state index in [0.717, 1.165) is 25.7 Å². The lowest BCUT2D eigenvalue weighted by Gasteiger charge is -2.19. The van der Waals surface area contributed by atoms with E-state index < -0.39 is 10.0 Å². The minimum atomic E-state index is -3.61. The van der Waals surface area contributed by atoms with Crippen molar-refractivity contribution in [2.45, 2.75) is 57.4 Å². The smallest absolute Gasteiger partial charge is 0.257 e. The first-order chi connectivity index (χ1) is 12.1. The summed E-state index contributed by atoms with van der Waals surface area (Å²) < 4.78 is 33.0. The molecule has 2 rings (SSSR count). The molecule has 0 aromatic heterocycles. The van der Waals surface area contributed by atoms with Crippen molar-refractivity contribution >= 4 is 27.5 Å². The molecule has 146 valence electrons. The number of benzene rings is 1. The molecule has 0 aliphatic heterocycles. The average molecular weight is 403 g/mol. The summed E-state index contributed by atoms with van der Waals surface area (Å²) in [5, 5.41) is 2.93. The van der Waals surface area contributed by atoms with E-state index in [0.29, 0.717) is 6.54 Å². The van der Waals surface area contributed by atoms with Crippen LogP contribution in [0.5, 0.6) is 5.75 Å². The first-order valence-electron chi connectivity index (χ1n) is 8.78. The molecule has 1 saturated carbocycles. The third-order valence-electron chi connectivity index (χ3n) is 4.07. The van der Waals surface area contributed by atoms with E-state index in [2.05, 4.69) is 10.0 Å². The second kappa shape index (κ2) is 8.59. The van der Waals surface area contributed by atoms with Crippen molar-refractivity contribution in [3.8, 4) is 5.75 Å². The van der Waals surface area contributed by atoms with Gasteiger partial charge in [-0.3, -0.25) is 4.79 Å². The van der Waals surface area contributed by atoms with Crippen LogP contribution in [0.2, 0.25) is 5.02 Å². The summed E-state index contributed by atoms with van der Waals surface area (Å²) in [6, 6.07) is 4.25. The molecule has 1 aliphatic carbocycles. The van der Waals surface area contributed by atoms with Crippen molar-refractivity contribution < 1.29 is 17.9 Å². The van der Waals surface area contributed by atoms with Gasteiger partial charge in [0.05, 0.1) is 9.92 Å². The molecule has 8 heteroatoms. The summed E-state index contributed by atoms with van der Waals surface area (Å²) in [6.07, 6.45) is 3.80. The molecule has 0 saturated heterocycles. The third kappa shape index (κ3) is 6.45.